The quantitative estimate of drug-likeness (QED) is 0.857. The monoisotopic (exact) mass is 282 g/mol. The summed E-state index contributed by atoms with van der Waals surface area (Å²) in [6, 6.07) is 10.3. The first-order valence-corrected chi connectivity index (χ1v) is 7.28. The van der Waals surface area contributed by atoms with Gasteiger partial charge < -0.3 is 4.90 Å². The average molecular weight is 282 g/mol. The van der Waals surface area contributed by atoms with Crippen molar-refractivity contribution in [3.05, 3.63) is 65.0 Å². The van der Waals surface area contributed by atoms with Gasteiger partial charge in [-0.3, -0.25) is 9.78 Å². The van der Waals surface area contributed by atoms with Crippen molar-refractivity contribution in [1.29, 1.82) is 0 Å². The number of aryl methyl sites for hydroxylation is 2. The van der Waals surface area contributed by atoms with E-state index in [2.05, 4.69) is 37.0 Å². The summed E-state index contributed by atoms with van der Waals surface area (Å²) in [5.74, 6) is 0.0745. The molecule has 1 aromatic carbocycles. The van der Waals surface area contributed by atoms with Gasteiger partial charge in [-0.05, 0) is 38.0 Å². The van der Waals surface area contributed by atoms with Crippen LogP contribution in [0.1, 0.15) is 42.1 Å². The Morgan fingerprint density at radius 3 is 2.33 bits per heavy atom. The van der Waals surface area contributed by atoms with Crippen molar-refractivity contribution < 1.29 is 4.79 Å². The van der Waals surface area contributed by atoms with E-state index in [-0.39, 0.29) is 11.9 Å². The van der Waals surface area contributed by atoms with Crippen LogP contribution in [0.25, 0.3) is 0 Å². The molecule has 1 heterocycles. The molecule has 1 atom stereocenters. The molecule has 1 amide bonds. The first-order chi connectivity index (χ1) is 10.0. The first-order valence-electron chi connectivity index (χ1n) is 7.28. The maximum Gasteiger partial charge on any atom is 0.220 e. The van der Waals surface area contributed by atoms with Crippen molar-refractivity contribution in [2.45, 2.75) is 33.7 Å². The maximum atomic E-state index is 12.0. The number of nitrogens with zero attached hydrogens (tertiary/aromatic N) is 2. The van der Waals surface area contributed by atoms with Gasteiger partial charge in [0.2, 0.25) is 5.91 Å². The molecule has 0 aliphatic rings. The Balaban J connectivity index is 2.57. The molecule has 21 heavy (non-hydrogen) atoms. The SMILES string of the molecule is CCN(C(C)=O)[C@H](c1cccnc1)c1cc(C)cc(C)c1. The van der Waals surface area contributed by atoms with Crippen LogP contribution in [-0.4, -0.2) is 22.3 Å². The number of hydrogen-bond acceptors (Lipinski definition) is 2. The van der Waals surface area contributed by atoms with Crippen LogP contribution in [0.5, 0.6) is 0 Å². The maximum absolute atomic E-state index is 12.0. The molecule has 1 aromatic heterocycles. The van der Waals surface area contributed by atoms with Gasteiger partial charge in [0.25, 0.3) is 0 Å². The van der Waals surface area contributed by atoms with Crippen LogP contribution in [0, 0.1) is 13.8 Å². The second-order valence-electron chi connectivity index (χ2n) is 5.41. The molecular formula is C18H22N2O. The van der Waals surface area contributed by atoms with Gasteiger partial charge in [-0.2, -0.15) is 0 Å². The van der Waals surface area contributed by atoms with Gasteiger partial charge in [0.05, 0.1) is 6.04 Å². The van der Waals surface area contributed by atoms with E-state index in [9.17, 15) is 4.79 Å². The van der Waals surface area contributed by atoms with E-state index < -0.39 is 0 Å². The Kier molecular flexibility index (Phi) is 4.73. The third kappa shape index (κ3) is 3.48. The van der Waals surface area contributed by atoms with Gasteiger partial charge in [-0.25, -0.2) is 0 Å². The topological polar surface area (TPSA) is 33.2 Å². The minimum absolute atomic E-state index is 0.0745. The number of hydrogen-bond donors (Lipinski definition) is 0. The summed E-state index contributed by atoms with van der Waals surface area (Å²) in [6.45, 7) is 8.46. The highest BCUT2D eigenvalue weighted by molar-refractivity contribution is 5.74. The molecule has 2 aromatic rings. The van der Waals surface area contributed by atoms with E-state index in [0.29, 0.717) is 6.54 Å². The standard InChI is InChI=1S/C18H22N2O/c1-5-20(15(4)21)18(16-7-6-8-19-12-16)17-10-13(2)9-14(3)11-17/h6-12,18H,5H2,1-4H3/t18-/m1/s1. The largest absolute Gasteiger partial charge is 0.332 e. The third-order valence-corrected chi connectivity index (χ3v) is 3.62. The molecule has 0 spiro atoms. The molecule has 0 N–H and O–H groups in total. The Bertz CT molecular complexity index is 602. The van der Waals surface area contributed by atoms with Crippen molar-refractivity contribution in [2.24, 2.45) is 0 Å². The van der Waals surface area contributed by atoms with Crippen LogP contribution in [-0.2, 0) is 4.79 Å². The average Bonchev–Trinajstić information content (AvgIpc) is 2.44. The first kappa shape index (κ1) is 15.2. The van der Waals surface area contributed by atoms with Crippen LogP contribution in [0.3, 0.4) is 0 Å². The van der Waals surface area contributed by atoms with Gasteiger partial charge in [-0.1, -0.05) is 35.4 Å². The van der Waals surface area contributed by atoms with Crippen molar-refractivity contribution in [1.82, 2.24) is 9.88 Å². The normalized spacial score (nSPS) is 12.0. The Morgan fingerprint density at radius 2 is 1.86 bits per heavy atom. The van der Waals surface area contributed by atoms with Crippen LogP contribution in [0.2, 0.25) is 0 Å². The highest BCUT2D eigenvalue weighted by atomic mass is 16.2. The zero-order valence-electron chi connectivity index (χ0n) is 13.1. The highest BCUT2D eigenvalue weighted by Crippen LogP contribution is 2.29. The molecule has 0 fully saturated rings. The van der Waals surface area contributed by atoms with Gasteiger partial charge in [0.15, 0.2) is 0 Å². The fraction of sp³-hybridized carbons (Fsp3) is 0.333. The minimum atomic E-state index is -0.0835. The van der Waals surface area contributed by atoms with Gasteiger partial charge >= 0.3 is 0 Å². The van der Waals surface area contributed by atoms with Gasteiger partial charge in [0, 0.05) is 25.9 Å². The second kappa shape index (κ2) is 6.53. The smallest absolute Gasteiger partial charge is 0.220 e. The van der Waals surface area contributed by atoms with Crippen molar-refractivity contribution in [2.75, 3.05) is 6.54 Å². The summed E-state index contributed by atoms with van der Waals surface area (Å²) in [5.41, 5.74) is 4.59. The number of benzene rings is 1. The number of carbonyl (C=O) groups is 1. The van der Waals surface area contributed by atoms with E-state index in [0.717, 1.165) is 11.1 Å². The number of carbonyl (C=O) groups excluding carboxylic acids is 1. The van der Waals surface area contributed by atoms with E-state index in [1.807, 2.05) is 30.2 Å². The molecule has 3 heteroatoms. The van der Waals surface area contributed by atoms with Crippen molar-refractivity contribution >= 4 is 5.91 Å². The Morgan fingerprint density at radius 1 is 1.19 bits per heavy atom. The van der Waals surface area contributed by atoms with Crippen LogP contribution >= 0.6 is 0 Å². The molecule has 0 aliphatic heterocycles. The predicted molar refractivity (Wildman–Crippen MR) is 85.1 cm³/mol. The second-order valence-corrected chi connectivity index (χ2v) is 5.41. The molecule has 0 radical (unpaired) electrons. The van der Waals surface area contributed by atoms with Crippen LogP contribution in [0.4, 0.5) is 0 Å². The highest BCUT2D eigenvalue weighted by Gasteiger charge is 2.23. The molecule has 0 aliphatic carbocycles. The molecule has 0 bridgehead atoms. The molecule has 0 unspecified atom stereocenters. The summed E-state index contributed by atoms with van der Waals surface area (Å²) in [7, 11) is 0. The lowest BCUT2D eigenvalue weighted by Gasteiger charge is -2.31. The fourth-order valence-corrected chi connectivity index (χ4v) is 2.84. The number of amides is 1. The van der Waals surface area contributed by atoms with Gasteiger partial charge in [0.1, 0.15) is 0 Å². The Labute approximate surface area is 126 Å². The van der Waals surface area contributed by atoms with Crippen molar-refractivity contribution in [3.63, 3.8) is 0 Å². The lowest BCUT2D eigenvalue weighted by molar-refractivity contribution is -0.130. The lowest BCUT2D eigenvalue weighted by atomic mass is 9.95. The molecule has 110 valence electrons. The van der Waals surface area contributed by atoms with Gasteiger partial charge in [-0.15, -0.1) is 0 Å². The number of aromatic nitrogens is 1. The summed E-state index contributed by atoms with van der Waals surface area (Å²) < 4.78 is 0. The zero-order chi connectivity index (χ0) is 15.4. The summed E-state index contributed by atoms with van der Waals surface area (Å²) in [6.07, 6.45) is 3.60. The molecule has 2 rings (SSSR count). The third-order valence-electron chi connectivity index (χ3n) is 3.62. The van der Waals surface area contributed by atoms with Crippen LogP contribution in [0.15, 0.2) is 42.7 Å². The van der Waals surface area contributed by atoms with E-state index in [1.165, 1.54) is 11.1 Å². The molecule has 0 saturated carbocycles. The Hall–Kier alpha value is -2.16. The summed E-state index contributed by atoms with van der Waals surface area (Å²) in [4.78, 5) is 18.1. The predicted octanol–water partition coefficient (Wildman–Crippen LogP) is 3.66. The molecule has 0 saturated heterocycles. The zero-order valence-corrected chi connectivity index (χ0v) is 13.1. The molecule has 3 nitrogen and oxygen atoms in total. The lowest BCUT2D eigenvalue weighted by Crippen LogP contribution is -2.33. The summed E-state index contributed by atoms with van der Waals surface area (Å²) >= 11 is 0. The number of pyridine rings is 1. The van der Waals surface area contributed by atoms with Crippen molar-refractivity contribution in [3.8, 4) is 0 Å². The van der Waals surface area contributed by atoms with E-state index >= 15 is 0 Å². The molecular weight excluding hydrogens is 260 g/mol. The summed E-state index contributed by atoms with van der Waals surface area (Å²) in [5, 5.41) is 0. The fourth-order valence-electron chi connectivity index (χ4n) is 2.84. The van der Waals surface area contributed by atoms with E-state index in [4.69, 9.17) is 0 Å². The van der Waals surface area contributed by atoms with Crippen LogP contribution < -0.4 is 0 Å². The van der Waals surface area contributed by atoms with E-state index in [1.54, 1.807) is 13.1 Å². The minimum Gasteiger partial charge on any atom is -0.332 e. The number of rotatable bonds is 4.